The minimum atomic E-state index is -0.669. The van der Waals surface area contributed by atoms with Crippen LogP contribution in [0.25, 0.3) is 0 Å². The first kappa shape index (κ1) is 15.0. The lowest BCUT2D eigenvalue weighted by molar-refractivity contribution is -0.00170. The molecule has 0 saturated heterocycles. The molecule has 0 aromatic heterocycles. The largest absolute Gasteiger partial charge is 0.490 e. The summed E-state index contributed by atoms with van der Waals surface area (Å²) in [5.41, 5.74) is 1.89. The molecule has 4 heteroatoms. The molecular formula is C18H20FNO2. The van der Waals surface area contributed by atoms with Crippen molar-refractivity contribution in [2.75, 3.05) is 13.2 Å². The predicted octanol–water partition coefficient (Wildman–Crippen LogP) is 3.14. The van der Waals surface area contributed by atoms with Crippen LogP contribution in [-0.2, 0) is 6.54 Å². The SMILES string of the molecule is CCN(Cc1ccccc1)C1c2cc(F)ccc2OCC1O. The summed E-state index contributed by atoms with van der Waals surface area (Å²) < 4.78 is 19.2. The maximum absolute atomic E-state index is 13.6. The molecule has 2 aromatic carbocycles. The number of fused-ring (bicyclic) bond motifs is 1. The van der Waals surface area contributed by atoms with Crippen LogP contribution in [0.5, 0.6) is 5.75 Å². The van der Waals surface area contributed by atoms with E-state index in [0.29, 0.717) is 12.3 Å². The van der Waals surface area contributed by atoms with Crippen LogP contribution >= 0.6 is 0 Å². The Morgan fingerprint density at radius 2 is 2.00 bits per heavy atom. The number of aliphatic hydroxyl groups excluding tert-OH is 1. The van der Waals surface area contributed by atoms with E-state index in [1.54, 1.807) is 6.07 Å². The number of nitrogens with zero attached hydrogens (tertiary/aromatic N) is 1. The average molecular weight is 301 g/mol. The molecule has 3 nitrogen and oxygen atoms in total. The molecule has 2 aromatic rings. The highest BCUT2D eigenvalue weighted by atomic mass is 19.1. The van der Waals surface area contributed by atoms with Crippen molar-refractivity contribution in [1.82, 2.24) is 4.90 Å². The Hall–Kier alpha value is -1.91. The molecule has 0 saturated carbocycles. The Balaban J connectivity index is 1.92. The molecule has 1 aliphatic heterocycles. The first-order valence-electron chi connectivity index (χ1n) is 7.57. The minimum Gasteiger partial charge on any atom is -0.490 e. The van der Waals surface area contributed by atoms with Gasteiger partial charge in [0.25, 0.3) is 0 Å². The Labute approximate surface area is 130 Å². The fourth-order valence-electron chi connectivity index (χ4n) is 3.02. The molecule has 2 unspecified atom stereocenters. The van der Waals surface area contributed by atoms with Crippen molar-refractivity contribution in [3.8, 4) is 5.75 Å². The van der Waals surface area contributed by atoms with Crippen molar-refractivity contribution in [3.63, 3.8) is 0 Å². The van der Waals surface area contributed by atoms with Gasteiger partial charge in [-0.25, -0.2) is 4.39 Å². The van der Waals surface area contributed by atoms with E-state index in [4.69, 9.17) is 4.74 Å². The Bertz CT molecular complexity index is 632. The maximum atomic E-state index is 13.6. The van der Waals surface area contributed by atoms with E-state index in [1.165, 1.54) is 17.7 Å². The van der Waals surface area contributed by atoms with E-state index < -0.39 is 6.10 Å². The lowest BCUT2D eigenvalue weighted by Gasteiger charge is -2.38. The molecular weight excluding hydrogens is 281 g/mol. The lowest BCUT2D eigenvalue weighted by Crippen LogP contribution is -2.42. The summed E-state index contributed by atoms with van der Waals surface area (Å²) in [5.74, 6) is 0.348. The third kappa shape index (κ3) is 2.98. The van der Waals surface area contributed by atoms with E-state index in [-0.39, 0.29) is 18.5 Å². The van der Waals surface area contributed by atoms with Crippen LogP contribution in [0.1, 0.15) is 24.1 Å². The van der Waals surface area contributed by atoms with Gasteiger partial charge in [-0.3, -0.25) is 4.90 Å². The second-order valence-electron chi connectivity index (χ2n) is 5.55. The minimum absolute atomic E-state index is 0.231. The van der Waals surface area contributed by atoms with Crippen LogP contribution in [0.3, 0.4) is 0 Å². The van der Waals surface area contributed by atoms with Crippen molar-refractivity contribution < 1.29 is 14.2 Å². The Morgan fingerprint density at radius 1 is 1.23 bits per heavy atom. The van der Waals surface area contributed by atoms with Gasteiger partial charge < -0.3 is 9.84 Å². The normalized spacial score (nSPS) is 20.5. The number of hydrogen-bond acceptors (Lipinski definition) is 3. The number of ether oxygens (including phenoxy) is 1. The molecule has 0 radical (unpaired) electrons. The first-order chi connectivity index (χ1) is 10.7. The summed E-state index contributed by atoms with van der Waals surface area (Å²) in [6.07, 6.45) is -0.669. The molecule has 0 amide bonds. The van der Waals surface area contributed by atoms with Crippen molar-refractivity contribution in [2.45, 2.75) is 25.6 Å². The fraction of sp³-hybridized carbons (Fsp3) is 0.333. The van der Waals surface area contributed by atoms with Gasteiger partial charge in [0.05, 0.1) is 6.04 Å². The monoisotopic (exact) mass is 301 g/mol. The predicted molar refractivity (Wildman–Crippen MR) is 83.2 cm³/mol. The maximum Gasteiger partial charge on any atom is 0.124 e. The molecule has 0 spiro atoms. The quantitative estimate of drug-likeness (QED) is 0.941. The molecule has 1 N–H and O–H groups in total. The standard InChI is InChI=1S/C18H20FNO2/c1-2-20(11-13-6-4-3-5-7-13)18-15-10-14(19)8-9-17(15)22-12-16(18)21/h3-10,16,18,21H,2,11-12H2,1H3. The highest BCUT2D eigenvalue weighted by Gasteiger charge is 2.34. The van der Waals surface area contributed by atoms with Crippen LogP contribution in [0.15, 0.2) is 48.5 Å². The Kier molecular flexibility index (Phi) is 4.41. The second-order valence-corrected chi connectivity index (χ2v) is 5.55. The summed E-state index contributed by atoms with van der Waals surface area (Å²) in [6.45, 7) is 3.74. The first-order valence-corrected chi connectivity index (χ1v) is 7.57. The van der Waals surface area contributed by atoms with Gasteiger partial charge in [-0.05, 0) is 30.3 Å². The van der Waals surface area contributed by atoms with Crippen LogP contribution in [-0.4, -0.2) is 29.3 Å². The smallest absolute Gasteiger partial charge is 0.124 e. The molecule has 0 fully saturated rings. The van der Waals surface area contributed by atoms with Gasteiger partial charge in [0.15, 0.2) is 0 Å². The molecule has 1 heterocycles. The Morgan fingerprint density at radius 3 is 2.73 bits per heavy atom. The molecule has 0 bridgehead atoms. The summed E-state index contributed by atoms with van der Waals surface area (Å²) in [5, 5.41) is 10.4. The number of benzene rings is 2. The summed E-state index contributed by atoms with van der Waals surface area (Å²) >= 11 is 0. The molecule has 1 aliphatic rings. The highest BCUT2D eigenvalue weighted by Crippen LogP contribution is 2.37. The molecule has 22 heavy (non-hydrogen) atoms. The molecule has 116 valence electrons. The molecule has 3 rings (SSSR count). The summed E-state index contributed by atoms with van der Waals surface area (Å²) in [7, 11) is 0. The van der Waals surface area contributed by atoms with Crippen molar-refractivity contribution in [3.05, 3.63) is 65.5 Å². The number of rotatable bonds is 4. The number of aliphatic hydroxyl groups is 1. The topological polar surface area (TPSA) is 32.7 Å². The van der Waals surface area contributed by atoms with Crippen molar-refractivity contribution in [1.29, 1.82) is 0 Å². The van der Waals surface area contributed by atoms with E-state index in [0.717, 1.165) is 12.1 Å². The zero-order chi connectivity index (χ0) is 15.5. The number of hydrogen-bond donors (Lipinski definition) is 1. The number of likely N-dealkylation sites (N-methyl/N-ethyl adjacent to an activating group) is 1. The van der Waals surface area contributed by atoms with E-state index in [1.807, 2.05) is 25.1 Å². The van der Waals surface area contributed by atoms with E-state index in [2.05, 4.69) is 17.0 Å². The van der Waals surface area contributed by atoms with Gasteiger partial charge in [-0.2, -0.15) is 0 Å². The van der Waals surface area contributed by atoms with Gasteiger partial charge >= 0.3 is 0 Å². The average Bonchev–Trinajstić information content (AvgIpc) is 2.54. The highest BCUT2D eigenvalue weighted by molar-refractivity contribution is 5.39. The van der Waals surface area contributed by atoms with Crippen LogP contribution in [0, 0.1) is 5.82 Å². The van der Waals surface area contributed by atoms with Gasteiger partial charge in [0, 0.05) is 12.1 Å². The van der Waals surface area contributed by atoms with Gasteiger partial charge in [0.2, 0.25) is 0 Å². The zero-order valence-corrected chi connectivity index (χ0v) is 12.6. The second kappa shape index (κ2) is 6.46. The third-order valence-corrected chi connectivity index (χ3v) is 4.09. The van der Waals surface area contributed by atoms with Gasteiger partial charge in [-0.1, -0.05) is 37.3 Å². The van der Waals surface area contributed by atoms with E-state index >= 15 is 0 Å². The van der Waals surface area contributed by atoms with Crippen LogP contribution in [0.2, 0.25) is 0 Å². The summed E-state index contributed by atoms with van der Waals surface area (Å²) in [4.78, 5) is 2.15. The molecule has 0 aliphatic carbocycles. The van der Waals surface area contributed by atoms with Gasteiger partial charge in [-0.15, -0.1) is 0 Å². The van der Waals surface area contributed by atoms with Crippen LogP contribution < -0.4 is 4.74 Å². The van der Waals surface area contributed by atoms with Gasteiger partial charge in [0.1, 0.15) is 24.3 Å². The number of halogens is 1. The molecule has 2 atom stereocenters. The van der Waals surface area contributed by atoms with Crippen LogP contribution in [0.4, 0.5) is 4.39 Å². The fourth-order valence-corrected chi connectivity index (χ4v) is 3.02. The zero-order valence-electron chi connectivity index (χ0n) is 12.6. The lowest BCUT2D eigenvalue weighted by atomic mass is 9.96. The third-order valence-electron chi connectivity index (χ3n) is 4.09. The van der Waals surface area contributed by atoms with Crippen molar-refractivity contribution >= 4 is 0 Å². The van der Waals surface area contributed by atoms with Crippen molar-refractivity contribution in [2.24, 2.45) is 0 Å². The van der Waals surface area contributed by atoms with E-state index in [9.17, 15) is 9.50 Å². The summed E-state index contributed by atoms with van der Waals surface area (Å²) in [6, 6.07) is 14.3.